The van der Waals surface area contributed by atoms with E-state index in [1.807, 2.05) is 0 Å². The van der Waals surface area contributed by atoms with Crippen molar-refractivity contribution in [3.05, 3.63) is 29.8 Å². The number of unbranched alkanes of at least 4 members (excludes halogenated alkanes) is 2. The molecule has 0 N–H and O–H groups in total. The number of methoxy groups -OCH3 is 1. The summed E-state index contributed by atoms with van der Waals surface area (Å²) in [6.07, 6.45) is 1.34. The number of rotatable bonds is 9. The highest BCUT2D eigenvalue weighted by Gasteiger charge is 2.31. The van der Waals surface area contributed by atoms with Crippen LogP contribution in [0, 0.1) is 5.92 Å². The molecule has 0 radical (unpaired) electrons. The summed E-state index contributed by atoms with van der Waals surface area (Å²) in [6, 6.07) is 5.07. The van der Waals surface area contributed by atoms with Crippen LogP contribution in [0.25, 0.3) is 0 Å². The Bertz CT molecular complexity index is 536. The molecular formula is C20H30F3NO2. The Balaban J connectivity index is 1.78. The van der Waals surface area contributed by atoms with Gasteiger partial charge in [0.05, 0.1) is 18.3 Å². The summed E-state index contributed by atoms with van der Waals surface area (Å²) in [6.45, 7) is 5.70. The third-order valence-electron chi connectivity index (χ3n) is 5.08. The van der Waals surface area contributed by atoms with E-state index in [2.05, 4.69) is 11.8 Å². The molecule has 6 heteroatoms. The molecule has 1 aliphatic heterocycles. The summed E-state index contributed by atoms with van der Waals surface area (Å²) in [5.74, 6) is 0.652. The van der Waals surface area contributed by atoms with Gasteiger partial charge in [-0.2, -0.15) is 13.2 Å². The van der Waals surface area contributed by atoms with Crippen LogP contribution in [-0.4, -0.2) is 44.4 Å². The van der Waals surface area contributed by atoms with Gasteiger partial charge in [0, 0.05) is 13.7 Å². The Morgan fingerprint density at radius 1 is 1.23 bits per heavy atom. The van der Waals surface area contributed by atoms with Crippen molar-refractivity contribution in [1.82, 2.24) is 4.90 Å². The number of ether oxygens (including phenoxy) is 2. The predicted octanol–water partition coefficient (Wildman–Crippen LogP) is 5.00. The Morgan fingerprint density at radius 3 is 2.73 bits per heavy atom. The monoisotopic (exact) mass is 373 g/mol. The van der Waals surface area contributed by atoms with Crippen LogP contribution in [-0.2, 0) is 10.9 Å². The van der Waals surface area contributed by atoms with Crippen molar-refractivity contribution in [2.45, 2.75) is 51.3 Å². The quantitative estimate of drug-likeness (QED) is 0.569. The van der Waals surface area contributed by atoms with Gasteiger partial charge in [0.15, 0.2) is 0 Å². The molecule has 26 heavy (non-hydrogen) atoms. The summed E-state index contributed by atoms with van der Waals surface area (Å²) in [7, 11) is 1.74. The first-order chi connectivity index (χ1) is 12.4. The Labute approximate surface area is 154 Å². The van der Waals surface area contributed by atoms with E-state index < -0.39 is 11.7 Å². The number of benzene rings is 1. The highest BCUT2D eigenvalue weighted by molar-refractivity contribution is 5.30. The molecule has 1 saturated heterocycles. The fourth-order valence-electron chi connectivity index (χ4n) is 3.51. The van der Waals surface area contributed by atoms with Gasteiger partial charge in [-0.05, 0) is 56.5 Å². The minimum Gasteiger partial charge on any atom is -0.494 e. The molecule has 2 atom stereocenters. The first-order valence-corrected chi connectivity index (χ1v) is 9.49. The largest absolute Gasteiger partial charge is 0.494 e. The van der Waals surface area contributed by atoms with Crippen LogP contribution >= 0.6 is 0 Å². The van der Waals surface area contributed by atoms with E-state index >= 15 is 0 Å². The van der Waals surface area contributed by atoms with Crippen molar-refractivity contribution in [3.63, 3.8) is 0 Å². The summed E-state index contributed by atoms with van der Waals surface area (Å²) in [5.41, 5.74) is -0.676. The molecule has 1 heterocycles. The lowest BCUT2D eigenvalue weighted by Gasteiger charge is -2.37. The van der Waals surface area contributed by atoms with Gasteiger partial charge in [-0.1, -0.05) is 25.8 Å². The highest BCUT2D eigenvalue weighted by Crippen LogP contribution is 2.31. The van der Waals surface area contributed by atoms with Crippen LogP contribution in [0.3, 0.4) is 0 Å². The number of halogens is 3. The van der Waals surface area contributed by atoms with Crippen LogP contribution < -0.4 is 4.74 Å². The Kier molecular flexibility index (Phi) is 8.22. The van der Waals surface area contributed by atoms with Crippen molar-refractivity contribution in [2.75, 3.05) is 33.4 Å². The van der Waals surface area contributed by atoms with E-state index in [9.17, 15) is 13.2 Å². The zero-order valence-corrected chi connectivity index (χ0v) is 15.7. The van der Waals surface area contributed by atoms with Gasteiger partial charge < -0.3 is 14.4 Å². The molecule has 0 unspecified atom stereocenters. The third kappa shape index (κ3) is 6.47. The second-order valence-corrected chi connectivity index (χ2v) is 6.99. The van der Waals surface area contributed by atoms with Gasteiger partial charge in [0.2, 0.25) is 0 Å². The maximum Gasteiger partial charge on any atom is 0.416 e. The zero-order valence-electron chi connectivity index (χ0n) is 15.7. The molecule has 0 amide bonds. The molecule has 0 spiro atoms. The highest BCUT2D eigenvalue weighted by atomic mass is 19.4. The maximum absolute atomic E-state index is 12.7. The number of hydrogen-bond donors (Lipinski definition) is 0. The molecule has 1 aromatic rings. The van der Waals surface area contributed by atoms with Gasteiger partial charge in [-0.3, -0.25) is 0 Å². The number of nitrogens with zero attached hydrogens (tertiary/aromatic N) is 1. The Hall–Kier alpha value is -1.27. The fourth-order valence-corrected chi connectivity index (χ4v) is 3.51. The summed E-state index contributed by atoms with van der Waals surface area (Å²) < 4.78 is 49.5. The molecule has 0 aliphatic carbocycles. The molecule has 1 aliphatic rings. The molecule has 148 valence electrons. The predicted molar refractivity (Wildman–Crippen MR) is 96.4 cm³/mol. The first kappa shape index (κ1) is 21.0. The van der Waals surface area contributed by atoms with Crippen molar-refractivity contribution in [1.29, 1.82) is 0 Å². The van der Waals surface area contributed by atoms with Crippen molar-refractivity contribution >= 4 is 0 Å². The van der Waals surface area contributed by atoms with Crippen molar-refractivity contribution in [3.8, 4) is 5.75 Å². The summed E-state index contributed by atoms with van der Waals surface area (Å²) in [4.78, 5) is 2.45. The van der Waals surface area contributed by atoms with Crippen LogP contribution in [0.2, 0.25) is 0 Å². The second-order valence-electron chi connectivity index (χ2n) is 6.99. The molecule has 0 saturated carbocycles. The van der Waals surface area contributed by atoms with Gasteiger partial charge in [0.25, 0.3) is 0 Å². The van der Waals surface area contributed by atoms with E-state index in [-0.39, 0.29) is 11.9 Å². The number of hydrogen-bond acceptors (Lipinski definition) is 3. The van der Waals surface area contributed by atoms with Crippen molar-refractivity contribution < 1.29 is 22.6 Å². The van der Waals surface area contributed by atoms with Crippen LogP contribution in [0.5, 0.6) is 5.75 Å². The van der Waals surface area contributed by atoms with Crippen LogP contribution in [0.4, 0.5) is 13.2 Å². The minimum absolute atomic E-state index is 0.162. The lowest BCUT2D eigenvalue weighted by atomic mass is 9.90. The number of piperidine rings is 1. The SMILES string of the molecule is CCCCCN1CC[C@H](CCOc2cccc(C(F)(F)F)c2)[C@H](OC)C1. The first-order valence-electron chi connectivity index (χ1n) is 9.49. The third-order valence-corrected chi connectivity index (χ3v) is 5.08. The topological polar surface area (TPSA) is 21.7 Å². The molecular weight excluding hydrogens is 343 g/mol. The molecule has 2 rings (SSSR count). The zero-order chi connectivity index (χ0) is 19.0. The maximum atomic E-state index is 12.7. The van der Waals surface area contributed by atoms with Crippen LogP contribution in [0.1, 0.15) is 44.6 Å². The Morgan fingerprint density at radius 2 is 2.04 bits per heavy atom. The average Bonchev–Trinajstić information content (AvgIpc) is 2.62. The average molecular weight is 373 g/mol. The number of alkyl halides is 3. The van der Waals surface area contributed by atoms with Crippen LogP contribution in [0.15, 0.2) is 24.3 Å². The summed E-state index contributed by atoms with van der Waals surface area (Å²) in [5, 5.41) is 0. The molecule has 1 aromatic carbocycles. The standard InChI is InChI=1S/C20H30F3NO2/c1-3-4-5-11-24-12-9-16(19(15-24)25-2)10-13-26-18-8-6-7-17(14-18)20(21,22)23/h6-8,14,16,19H,3-5,9-13,15H2,1-2H3/t16-,19-/m1/s1. The van der Waals surface area contributed by atoms with Gasteiger partial charge in [-0.15, -0.1) is 0 Å². The fraction of sp³-hybridized carbons (Fsp3) is 0.700. The van der Waals surface area contributed by atoms with E-state index in [4.69, 9.17) is 9.47 Å². The number of likely N-dealkylation sites (tertiary alicyclic amines) is 1. The minimum atomic E-state index is -4.34. The van der Waals surface area contributed by atoms with E-state index in [0.717, 1.165) is 44.6 Å². The van der Waals surface area contributed by atoms with E-state index in [1.165, 1.54) is 25.3 Å². The lowest BCUT2D eigenvalue weighted by molar-refractivity contribution is -0.137. The van der Waals surface area contributed by atoms with Gasteiger partial charge in [-0.25, -0.2) is 0 Å². The molecule has 3 nitrogen and oxygen atoms in total. The normalized spacial score (nSPS) is 21.7. The summed E-state index contributed by atoms with van der Waals surface area (Å²) >= 11 is 0. The molecule has 0 aromatic heterocycles. The van der Waals surface area contributed by atoms with E-state index in [1.54, 1.807) is 13.2 Å². The molecule has 0 bridgehead atoms. The van der Waals surface area contributed by atoms with Gasteiger partial charge in [0.1, 0.15) is 5.75 Å². The lowest BCUT2D eigenvalue weighted by Crippen LogP contribution is -2.45. The smallest absolute Gasteiger partial charge is 0.416 e. The van der Waals surface area contributed by atoms with Crippen molar-refractivity contribution in [2.24, 2.45) is 5.92 Å². The second kappa shape index (κ2) is 10.2. The van der Waals surface area contributed by atoms with Gasteiger partial charge >= 0.3 is 6.18 Å². The molecule has 1 fully saturated rings. The van der Waals surface area contributed by atoms with E-state index in [0.29, 0.717) is 12.5 Å².